The van der Waals surface area contributed by atoms with Gasteiger partial charge in [-0.3, -0.25) is 4.79 Å². The third kappa shape index (κ3) is 3.27. The van der Waals surface area contributed by atoms with Crippen LogP contribution in [-0.2, 0) is 6.54 Å². The molecule has 0 spiro atoms. The van der Waals surface area contributed by atoms with Crippen LogP contribution in [0.1, 0.15) is 15.9 Å². The van der Waals surface area contributed by atoms with E-state index in [1.165, 1.54) is 35.2 Å². The van der Waals surface area contributed by atoms with E-state index in [0.717, 1.165) is 0 Å². The quantitative estimate of drug-likeness (QED) is 0.941. The number of carbonyl (C=O) groups excluding carboxylic acids is 1. The molecule has 0 heterocycles. The highest BCUT2D eigenvalue weighted by Gasteiger charge is 2.16. The lowest BCUT2D eigenvalue weighted by atomic mass is 10.1. The van der Waals surface area contributed by atoms with Gasteiger partial charge in [-0.1, -0.05) is 23.7 Å². The topological polar surface area (TPSA) is 40.5 Å². The number of hydrogen-bond donors (Lipinski definition) is 1. The van der Waals surface area contributed by atoms with Crippen molar-refractivity contribution in [2.24, 2.45) is 0 Å². The molecule has 1 N–H and O–H groups in total. The Hall–Kier alpha value is -2.07. The molecule has 2 aromatic carbocycles. The van der Waals surface area contributed by atoms with Gasteiger partial charge in [0.05, 0.1) is 5.56 Å². The van der Waals surface area contributed by atoms with Crippen LogP contribution in [-0.4, -0.2) is 23.0 Å². The lowest BCUT2D eigenvalue weighted by Crippen LogP contribution is -2.26. The molecule has 0 aliphatic rings. The van der Waals surface area contributed by atoms with Gasteiger partial charge in [-0.25, -0.2) is 4.39 Å². The van der Waals surface area contributed by atoms with Crippen LogP contribution in [0.2, 0.25) is 5.02 Å². The summed E-state index contributed by atoms with van der Waals surface area (Å²) in [5, 5.41) is 10.1. The van der Waals surface area contributed by atoms with Crippen molar-refractivity contribution in [2.75, 3.05) is 7.05 Å². The zero-order chi connectivity index (χ0) is 14.7. The Kier molecular flexibility index (Phi) is 4.25. The highest BCUT2D eigenvalue weighted by Crippen LogP contribution is 2.23. The van der Waals surface area contributed by atoms with Gasteiger partial charge in [0.15, 0.2) is 0 Å². The van der Waals surface area contributed by atoms with Crippen LogP contribution in [0.3, 0.4) is 0 Å². The number of rotatable bonds is 3. The van der Waals surface area contributed by atoms with Crippen molar-refractivity contribution in [2.45, 2.75) is 6.54 Å². The zero-order valence-corrected chi connectivity index (χ0v) is 11.6. The van der Waals surface area contributed by atoms with E-state index in [2.05, 4.69) is 0 Å². The van der Waals surface area contributed by atoms with Crippen molar-refractivity contribution < 1.29 is 14.3 Å². The summed E-state index contributed by atoms with van der Waals surface area (Å²) in [5.41, 5.74) is 0.791. The van der Waals surface area contributed by atoms with Gasteiger partial charge in [-0.2, -0.15) is 0 Å². The summed E-state index contributed by atoms with van der Waals surface area (Å²) in [4.78, 5) is 13.6. The molecule has 0 aliphatic heterocycles. The van der Waals surface area contributed by atoms with Crippen LogP contribution in [0, 0.1) is 5.82 Å². The molecule has 2 aromatic rings. The van der Waals surface area contributed by atoms with Gasteiger partial charge in [0.1, 0.15) is 11.6 Å². The Morgan fingerprint density at radius 1 is 1.30 bits per heavy atom. The van der Waals surface area contributed by atoms with Crippen LogP contribution in [0.15, 0.2) is 42.5 Å². The van der Waals surface area contributed by atoms with Gasteiger partial charge in [0, 0.05) is 18.6 Å². The molecule has 0 bridgehead atoms. The predicted molar refractivity (Wildman–Crippen MR) is 75.3 cm³/mol. The Morgan fingerprint density at radius 3 is 2.75 bits per heavy atom. The molecule has 0 saturated heterocycles. The number of halogens is 2. The lowest BCUT2D eigenvalue weighted by Gasteiger charge is -2.18. The molecule has 0 unspecified atom stereocenters. The third-order valence-corrected chi connectivity index (χ3v) is 3.08. The molecule has 5 heteroatoms. The van der Waals surface area contributed by atoms with Gasteiger partial charge in [-0.15, -0.1) is 0 Å². The predicted octanol–water partition coefficient (Wildman–Crippen LogP) is 3.46. The second kappa shape index (κ2) is 5.92. The number of aromatic hydroxyl groups is 1. The van der Waals surface area contributed by atoms with Crippen LogP contribution in [0.5, 0.6) is 5.75 Å². The van der Waals surface area contributed by atoms with Crippen molar-refractivity contribution in [1.82, 2.24) is 4.90 Å². The van der Waals surface area contributed by atoms with E-state index < -0.39 is 0 Å². The Labute approximate surface area is 121 Å². The summed E-state index contributed by atoms with van der Waals surface area (Å²) < 4.78 is 13.1. The van der Waals surface area contributed by atoms with Gasteiger partial charge in [0.2, 0.25) is 0 Å². The molecule has 0 atom stereocenters. The van der Waals surface area contributed by atoms with Crippen molar-refractivity contribution in [1.29, 1.82) is 0 Å². The summed E-state index contributed by atoms with van der Waals surface area (Å²) in [6, 6.07) is 10.3. The SMILES string of the molecule is CN(Cc1cccc(F)c1)C(=O)c1cc(Cl)ccc1O. The number of nitrogens with zero attached hydrogens (tertiary/aromatic N) is 1. The zero-order valence-electron chi connectivity index (χ0n) is 10.8. The molecule has 20 heavy (non-hydrogen) atoms. The molecule has 2 rings (SSSR count). The summed E-state index contributed by atoms with van der Waals surface area (Å²) in [5.74, 6) is -0.867. The lowest BCUT2D eigenvalue weighted by molar-refractivity contribution is 0.0782. The van der Waals surface area contributed by atoms with Crippen LogP contribution >= 0.6 is 11.6 Å². The monoisotopic (exact) mass is 293 g/mol. The fraction of sp³-hybridized carbons (Fsp3) is 0.133. The Morgan fingerprint density at radius 2 is 2.05 bits per heavy atom. The van der Waals surface area contributed by atoms with E-state index in [4.69, 9.17) is 11.6 Å². The summed E-state index contributed by atoms with van der Waals surface area (Å²) in [7, 11) is 1.58. The number of amides is 1. The summed E-state index contributed by atoms with van der Waals surface area (Å²) in [6.07, 6.45) is 0. The maximum absolute atomic E-state index is 13.1. The summed E-state index contributed by atoms with van der Waals surface area (Å²) >= 11 is 5.82. The minimum Gasteiger partial charge on any atom is -0.507 e. The highest BCUT2D eigenvalue weighted by molar-refractivity contribution is 6.31. The minimum atomic E-state index is -0.380. The van der Waals surface area contributed by atoms with E-state index in [-0.39, 0.29) is 29.6 Å². The highest BCUT2D eigenvalue weighted by atomic mass is 35.5. The molecule has 0 saturated carbocycles. The number of benzene rings is 2. The normalized spacial score (nSPS) is 10.3. The number of phenolic OH excluding ortho intramolecular Hbond substituents is 1. The van der Waals surface area contributed by atoms with Gasteiger partial charge in [-0.05, 0) is 35.9 Å². The first kappa shape index (κ1) is 14.3. The third-order valence-electron chi connectivity index (χ3n) is 2.84. The van der Waals surface area contributed by atoms with Crippen molar-refractivity contribution in [3.63, 3.8) is 0 Å². The van der Waals surface area contributed by atoms with E-state index in [1.807, 2.05) is 0 Å². The average Bonchev–Trinajstić information content (AvgIpc) is 2.40. The van der Waals surface area contributed by atoms with E-state index in [9.17, 15) is 14.3 Å². The van der Waals surface area contributed by atoms with Crippen molar-refractivity contribution >= 4 is 17.5 Å². The van der Waals surface area contributed by atoms with Crippen LogP contribution < -0.4 is 0 Å². The van der Waals surface area contributed by atoms with Crippen LogP contribution in [0.4, 0.5) is 4.39 Å². The van der Waals surface area contributed by atoms with Crippen molar-refractivity contribution in [3.8, 4) is 5.75 Å². The fourth-order valence-electron chi connectivity index (χ4n) is 1.87. The smallest absolute Gasteiger partial charge is 0.257 e. The maximum Gasteiger partial charge on any atom is 0.257 e. The molecule has 0 radical (unpaired) electrons. The molecule has 104 valence electrons. The first-order valence-electron chi connectivity index (χ1n) is 5.96. The molecule has 0 aromatic heterocycles. The number of carbonyl (C=O) groups is 1. The molecule has 3 nitrogen and oxygen atoms in total. The fourth-order valence-corrected chi connectivity index (χ4v) is 2.04. The van der Waals surface area contributed by atoms with E-state index >= 15 is 0 Å². The first-order chi connectivity index (χ1) is 9.47. The van der Waals surface area contributed by atoms with E-state index in [0.29, 0.717) is 10.6 Å². The van der Waals surface area contributed by atoms with Gasteiger partial charge < -0.3 is 10.0 Å². The maximum atomic E-state index is 13.1. The number of phenols is 1. The Bertz CT molecular complexity index is 646. The molecule has 1 amide bonds. The second-order valence-corrected chi connectivity index (χ2v) is 4.89. The average molecular weight is 294 g/mol. The Balaban J connectivity index is 2.18. The largest absolute Gasteiger partial charge is 0.507 e. The van der Waals surface area contributed by atoms with Crippen LogP contribution in [0.25, 0.3) is 0 Å². The molecular weight excluding hydrogens is 281 g/mol. The number of hydrogen-bond acceptors (Lipinski definition) is 2. The standard InChI is InChI=1S/C15H13ClFNO2/c1-18(9-10-3-2-4-12(17)7-10)15(20)13-8-11(16)5-6-14(13)19/h2-8,19H,9H2,1H3. The first-order valence-corrected chi connectivity index (χ1v) is 6.33. The van der Waals surface area contributed by atoms with Gasteiger partial charge in [0.25, 0.3) is 5.91 Å². The van der Waals surface area contributed by atoms with E-state index in [1.54, 1.807) is 19.2 Å². The molecule has 0 aliphatic carbocycles. The minimum absolute atomic E-state index is 0.122. The van der Waals surface area contributed by atoms with Crippen molar-refractivity contribution in [3.05, 3.63) is 64.4 Å². The molecule has 0 fully saturated rings. The summed E-state index contributed by atoms with van der Waals surface area (Å²) in [6.45, 7) is 0.239. The van der Waals surface area contributed by atoms with Gasteiger partial charge >= 0.3 is 0 Å². The molecular formula is C15H13ClFNO2. The second-order valence-electron chi connectivity index (χ2n) is 4.45.